The Morgan fingerprint density at radius 3 is 2.71 bits per heavy atom. The minimum Gasteiger partial charge on any atom is -0.355 e. The molecule has 1 rings (SSSR count). The van der Waals surface area contributed by atoms with Gasteiger partial charge in [-0.3, -0.25) is 4.79 Å². The minimum atomic E-state index is -3.12. The fourth-order valence-electron chi connectivity index (χ4n) is 1.76. The molecule has 0 bridgehead atoms. The average Bonchev–Trinajstić information content (AvgIpc) is 2.28. The van der Waals surface area contributed by atoms with Crippen LogP contribution in [0.1, 0.15) is 25.7 Å². The van der Waals surface area contributed by atoms with Crippen molar-refractivity contribution >= 4 is 15.9 Å². The van der Waals surface area contributed by atoms with Crippen LogP contribution in [0, 0.1) is 0 Å². The van der Waals surface area contributed by atoms with Crippen molar-refractivity contribution in [3.8, 4) is 0 Å². The van der Waals surface area contributed by atoms with Crippen LogP contribution in [0.15, 0.2) is 0 Å². The van der Waals surface area contributed by atoms with Crippen LogP contribution >= 0.6 is 0 Å². The number of carbonyl (C=O) groups excluding carboxylic acids is 1. The Labute approximate surface area is 103 Å². The van der Waals surface area contributed by atoms with E-state index in [9.17, 15) is 13.2 Å². The molecule has 6 nitrogen and oxygen atoms in total. The maximum absolute atomic E-state index is 11.6. The lowest BCUT2D eigenvalue weighted by Gasteiger charge is -2.22. The molecule has 0 spiro atoms. The summed E-state index contributed by atoms with van der Waals surface area (Å²) < 4.78 is 23.9. The normalized spacial score (nSPS) is 21.1. The zero-order chi connectivity index (χ0) is 12.7. The lowest BCUT2D eigenvalue weighted by molar-refractivity contribution is -0.123. The SMILES string of the molecule is CS(=O)(=O)NCCCNC(=O)C1CCCCN1. The average molecular weight is 263 g/mol. The van der Waals surface area contributed by atoms with Crippen LogP contribution in [0.4, 0.5) is 0 Å². The fraction of sp³-hybridized carbons (Fsp3) is 0.900. The first kappa shape index (κ1) is 14.4. The fourth-order valence-corrected chi connectivity index (χ4v) is 2.27. The molecule has 1 unspecified atom stereocenters. The molecule has 3 N–H and O–H groups in total. The number of rotatable bonds is 6. The predicted molar refractivity (Wildman–Crippen MR) is 66.1 cm³/mol. The quantitative estimate of drug-likeness (QED) is 0.547. The van der Waals surface area contributed by atoms with Gasteiger partial charge in [-0.15, -0.1) is 0 Å². The highest BCUT2D eigenvalue weighted by Gasteiger charge is 2.19. The third kappa shape index (κ3) is 6.60. The molecule has 0 saturated carbocycles. The highest BCUT2D eigenvalue weighted by molar-refractivity contribution is 7.88. The number of hydrogen-bond acceptors (Lipinski definition) is 4. The van der Waals surface area contributed by atoms with Crippen molar-refractivity contribution in [1.29, 1.82) is 0 Å². The number of sulfonamides is 1. The van der Waals surface area contributed by atoms with Crippen molar-refractivity contribution in [2.24, 2.45) is 0 Å². The van der Waals surface area contributed by atoms with Crippen LogP contribution < -0.4 is 15.4 Å². The van der Waals surface area contributed by atoms with Crippen LogP contribution in [-0.2, 0) is 14.8 Å². The Morgan fingerprint density at radius 2 is 2.12 bits per heavy atom. The van der Waals surface area contributed by atoms with Gasteiger partial charge < -0.3 is 10.6 Å². The van der Waals surface area contributed by atoms with Gasteiger partial charge in [-0.05, 0) is 25.8 Å². The van der Waals surface area contributed by atoms with Gasteiger partial charge in [-0.1, -0.05) is 6.42 Å². The van der Waals surface area contributed by atoms with Gasteiger partial charge in [-0.25, -0.2) is 13.1 Å². The molecule has 1 atom stereocenters. The van der Waals surface area contributed by atoms with E-state index in [1.54, 1.807) is 0 Å². The molecule has 17 heavy (non-hydrogen) atoms. The van der Waals surface area contributed by atoms with Gasteiger partial charge in [0.15, 0.2) is 0 Å². The highest BCUT2D eigenvalue weighted by atomic mass is 32.2. The summed E-state index contributed by atoms with van der Waals surface area (Å²) in [6.45, 7) is 1.75. The third-order valence-corrected chi connectivity index (χ3v) is 3.37. The summed E-state index contributed by atoms with van der Waals surface area (Å²) in [5.74, 6) is 0.0176. The van der Waals surface area contributed by atoms with E-state index in [0.717, 1.165) is 32.1 Å². The van der Waals surface area contributed by atoms with Gasteiger partial charge >= 0.3 is 0 Å². The smallest absolute Gasteiger partial charge is 0.237 e. The molecule has 0 aromatic heterocycles. The monoisotopic (exact) mass is 263 g/mol. The zero-order valence-electron chi connectivity index (χ0n) is 10.2. The molecule has 0 aromatic rings. The summed E-state index contributed by atoms with van der Waals surface area (Å²) in [6.07, 6.45) is 4.82. The Kier molecular flexibility index (Phi) is 5.87. The van der Waals surface area contributed by atoms with Gasteiger partial charge in [0, 0.05) is 13.1 Å². The first-order valence-corrected chi connectivity index (χ1v) is 7.84. The van der Waals surface area contributed by atoms with E-state index in [0.29, 0.717) is 19.5 Å². The molecular weight excluding hydrogens is 242 g/mol. The summed E-state index contributed by atoms with van der Waals surface area (Å²) in [5, 5.41) is 5.96. The first-order chi connectivity index (χ1) is 7.99. The van der Waals surface area contributed by atoms with Gasteiger partial charge in [0.05, 0.1) is 12.3 Å². The molecule has 0 radical (unpaired) electrons. The van der Waals surface area contributed by atoms with Crippen LogP contribution in [0.5, 0.6) is 0 Å². The summed E-state index contributed by atoms with van der Waals surface area (Å²) in [4.78, 5) is 11.6. The molecule has 1 amide bonds. The Morgan fingerprint density at radius 1 is 1.35 bits per heavy atom. The van der Waals surface area contributed by atoms with Gasteiger partial charge in [0.25, 0.3) is 0 Å². The van der Waals surface area contributed by atoms with Crippen LogP contribution in [-0.4, -0.2) is 46.3 Å². The van der Waals surface area contributed by atoms with Crippen LogP contribution in [0.25, 0.3) is 0 Å². The lowest BCUT2D eigenvalue weighted by atomic mass is 10.0. The lowest BCUT2D eigenvalue weighted by Crippen LogP contribution is -2.47. The summed E-state index contributed by atoms with van der Waals surface area (Å²) in [5.41, 5.74) is 0. The summed E-state index contributed by atoms with van der Waals surface area (Å²) >= 11 is 0. The van der Waals surface area contributed by atoms with Crippen LogP contribution in [0.3, 0.4) is 0 Å². The molecule has 1 fully saturated rings. The van der Waals surface area contributed by atoms with E-state index >= 15 is 0 Å². The highest BCUT2D eigenvalue weighted by Crippen LogP contribution is 2.06. The van der Waals surface area contributed by atoms with Crippen molar-refractivity contribution < 1.29 is 13.2 Å². The number of hydrogen-bond donors (Lipinski definition) is 3. The molecule has 100 valence electrons. The maximum Gasteiger partial charge on any atom is 0.237 e. The van der Waals surface area contributed by atoms with E-state index in [4.69, 9.17) is 0 Å². The molecule has 1 aliphatic rings. The van der Waals surface area contributed by atoms with Crippen molar-refractivity contribution in [3.05, 3.63) is 0 Å². The van der Waals surface area contributed by atoms with Crippen molar-refractivity contribution in [2.75, 3.05) is 25.9 Å². The van der Waals surface area contributed by atoms with Crippen molar-refractivity contribution in [1.82, 2.24) is 15.4 Å². The van der Waals surface area contributed by atoms with Gasteiger partial charge in [0.1, 0.15) is 0 Å². The Hall–Kier alpha value is -0.660. The molecule has 0 aromatic carbocycles. The zero-order valence-corrected chi connectivity index (χ0v) is 11.0. The van der Waals surface area contributed by atoms with Crippen molar-refractivity contribution in [2.45, 2.75) is 31.7 Å². The first-order valence-electron chi connectivity index (χ1n) is 5.95. The Bertz CT molecular complexity index is 337. The molecule has 0 aliphatic carbocycles. The number of amides is 1. The summed E-state index contributed by atoms with van der Waals surface area (Å²) in [7, 11) is -3.12. The van der Waals surface area contributed by atoms with Gasteiger partial charge in [0.2, 0.25) is 15.9 Å². The number of piperidine rings is 1. The van der Waals surface area contributed by atoms with Crippen molar-refractivity contribution in [3.63, 3.8) is 0 Å². The van der Waals surface area contributed by atoms with Crippen LogP contribution in [0.2, 0.25) is 0 Å². The van der Waals surface area contributed by atoms with Gasteiger partial charge in [-0.2, -0.15) is 0 Å². The second-order valence-electron chi connectivity index (χ2n) is 4.31. The largest absolute Gasteiger partial charge is 0.355 e. The minimum absolute atomic E-state index is 0.0176. The summed E-state index contributed by atoms with van der Waals surface area (Å²) in [6, 6.07) is -0.0772. The second kappa shape index (κ2) is 6.93. The van der Waals surface area contributed by atoms with E-state index in [2.05, 4.69) is 15.4 Å². The number of carbonyl (C=O) groups is 1. The molecule has 1 aliphatic heterocycles. The molecular formula is C10H21N3O3S. The van der Waals surface area contributed by atoms with E-state index in [1.165, 1.54) is 0 Å². The molecule has 7 heteroatoms. The third-order valence-electron chi connectivity index (χ3n) is 2.64. The topological polar surface area (TPSA) is 87.3 Å². The number of nitrogens with one attached hydrogen (secondary N) is 3. The van der Waals surface area contributed by atoms with E-state index < -0.39 is 10.0 Å². The Balaban J connectivity index is 2.07. The standard InChI is InChI=1S/C10H21N3O3S/c1-17(15,16)13-8-4-7-12-10(14)9-5-2-3-6-11-9/h9,11,13H,2-8H2,1H3,(H,12,14). The van der Waals surface area contributed by atoms with E-state index in [-0.39, 0.29) is 11.9 Å². The predicted octanol–water partition coefficient (Wildman–Crippen LogP) is -0.816. The molecule has 1 saturated heterocycles. The maximum atomic E-state index is 11.6. The van der Waals surface area contributed by atoms with E-state index in [1.807, 2.05) is 0 Å². The molecule has 1 heterocycles. The second-order valence-corrected chi connectivity index (χ2v) is 6.15.